The van der Waals surface area contributed by atoms with Crippen molar-refractivity contribution in [2.45, 2.75) is 63.6 Å². The van der Waals surface area contributed by atoms with Crippen molar-refractivity contribution in [1.82, 2.24) is 16.0 Å². The standard InChI is InChI=1S/C21H27ClFN3O4/c1-10-20(24-11(2)30-10)21(28)26-18-8-17(12-5-13(18)6-12)25-19(27)9-29-14-3-4-15(22)16(23)7-14/h3-4,7,10-13,17-18,20,24H,5-6,8-9H2,1-2H3,(H,25,27)(H,26,28). The summed E-state index contributed by atoms with van der Waals surface area (Å²) in [5, 5.41) is 9.32. The van der Waals surface area contributed by atoms with Crippen molar-refractivity contribution in [2.24, 2.45) is 11.8 Å². The Labute approximate surface area is 180 Å². The van der Waals surface area contributed by atoms with Crippen molar-refractivity contribution in [1.29, 1.82) is 0 Å². The Morgan fingerprint density at radius 1 is 1.20 bits per heavy atom. The van der Waals surface area contributed by atoms with Gasteiger partial charge in [0.1, 0.15) is 23.8 Å². The molecule has 2 amide bonds. The Bertz CT molecular complexity index is 819. The van der Waals surface area contributed by atoms with Crippen molar-refractivity contribution >= 4 is 23.4 Å². The molecule has 4 fully saturated rings. The van der Waals surface area contributed by atoms with Gasteiger partial charge in [-0.25, -0.2) is 4.39 Å². The largest absolute Gasteiger partial charge is 0.484 e. The highest BCUT2D eigenvalue weighted by atomic mass is 35.5. The number of carbonyl (C=O) groups excluding carboxylic acids is 2. The van der Waals surface area contributed by atoms with Crippen LogP contribution in [-0.2, 0) is 14.3 Å². The molecule has 1 heterocycles. The smallest absolute Gasteiger partial charge is 0.258 e. The summed E-state index contributed by atoms with van der Waals surface area (Å²) in [5.41, 5.74) is 0. The van der Waals surface area contributed by atoms with Gasteiger partial charge in [0, 0.05) is 18.2 Å². The SMILES string of the molecule is CC1NC(C(=O)NC2CC(NC(=O)COc3ccc(Cl)c(F)c3)C3CC2C3)C(C)O1. The molecule has 3 aliphatic carbocycles. The molecule has 30 heavy (non-hydrogen) atoms. The molecule has 5 rings (SSSR count). The number of fused-ring (bicyclic) bond motifs is 2. The van der Waals surface area contributed by atoms with E-state index >= 15 is 0 Å². The van der Waals surface area contributed by atoms with Crippen LogP contribution in [0.2, 0.25) is 5.02 Å². The van der Waals surface area contributed by atoms with E-state index in [1.807, 2.05) is 13.8 Å². The van der Waals surface area contributed by atoms with Crippen LogP contribution in [0.5, 0.6) is 5.75 Å². The number of benzene rings is 1. The third-order valence-electron chi connectivity index (χ3n) is 6.38. The van der Waals surface area contributed by atoms with Gasteiger partial charge >= 0.3 is 0 Å². The minimum Gasteiger partial charge on any atom is -0.484 e. The Morgan fingerprint density at radius 2 is 1.90 bits per heavy atom. The fourth-order valence-corrected chi connectivity index (χ4v) is 4.85. The lowest BCUT2D eigenvalue weighted by Gasteiger charge is -2.51. The molecular formula is C21H27ClFN3O4. The van der Waals surface area contributed by atoms with Gasteiger partial charge in [0.2, 0.25) is 5.91 Å². The van der Waals surface area contributed by atoms with E-state index in [1.165, 1.54) is 12.1 Å². The molecule has 0 radical (unpaired) electrons. The summed E-state index contributed by atoms with van der Waals surface area (Å²) in [6.07, 6.45) is 2.35. The number of rotatable bonds is 6. The van der Waals surface area contributed by atoms with Crippen LogP contribution in [0.3, 0.4) is 0 Å². The van der Waals surface area contributed by atoms with E-state index in [4.69, 9.17) is 21.1 Å². The van der Waals surface area contributed by atoms with Crippen LogP contribution in [0.4, 0.5) is 4.39 Å². The molecule has 0 aromatic heterocycles. The zero-order chi connectivity index (χ0) is 21.4. The maximum absolute atomic E-state index is 13.5. The van der Waals surface area contributed by atoms with E-state index < -0.39 is 5.82 Å². The van der Waals surface area contributed by atoms with Gasteiger partial charge in [-0.1, -0.05) is 11.6 Å². The van der Waals surface area contributed by atoms with Crippen LogP contribution >= 0.6 is 11.6 Å². The monoisotopic (exact) mass is 439 g/mol. The van der Waals surface area contributed by atoms with Crippen LogP contribution in [0.15, 0.2) is 18.2 Å². The molecule has 1 aliphatic heterocycles. The van der Waals surface area contributed by atoms with Crippen LogP contribution in [0.1, 0.15) is 33.1 Å². The molecule has 3 saturated carbocycles. The van der Waals surface area contributed by atoms with Gasteiger partial charge in [-0.2, -0.15) is 0 Å². The Balaban J connectivity index is 1.27. The second kappa shape index (κ2) is 8.69. The molecule has 2 bridgehead atoms. The van der Waals surface area contributed by atoms with Crippen molar-refractivity contribution in [2.75, 3.05) is 6.61 Å². The van der Waals surface area contributed by atoms with Crippen LogP contribution < -0.4 is 20.7 Å². The lowest BCUT2D eigenvalue weighted by Crippen LogP contribution is -2.62. The summed E-state index contributed by atoms with van der Waals surface area (Å²) >= 11 is 5.65. The Kier molecular flexibility index (Phi) is 6.18. The molecule has 1 aromatic rings. The summed E-state index contributed by atoms with van der Waals surface area (Å²) in [6, 6.07) is 3.72. The first-order valence-electron chi connectivity index (χ1n) is 10.4. The molecule has 5 unspecified atom stereocenters. The van der Waals surface area contributed by atoms with Gasteiger partial charge in [-0.05, 0) is 57.1 Å². The predicted octanol–water partition coefficient (Wildman–Crippen LogP) is 1.98. The van der Waals surface area contributed by atoms with E-state index in [1.54, 1.807) is 0 Å². The van der Waals surface area contributed by atoms with Crippen LogP contribution in [0.25, 0.3) is 0 Å². The first kappa shape index (κ1) is 21.3. The van der Waals surface area contributed by atoms with Gasteiger partial charge in [-0.3, -0.25) is 14.9 Å². The van der Waals surface area contributed by atoms with E-state index in [2.05, 4.69) is 16.0 Å². The highest BCUT2D eigenvalue weighted by Gasteiger charge is 2.47. The third-order valence-corrected chi connectivity index (χ3v) is 6.68. The van der Waals surface area contributed by atoms with Gasteiger partial charge < -0.3 is 20.1 Å². The van der Waals surface area contributed by atoms with E-state index in [9.17, 15) is 14.0 Å². The van der Waals surface area contributed by atoms with Crippen molar-refractivity contribution in [3.8, 4) is 5.75 Å². The highest BCUT2D eigenvalue weighted by Crippen LogP contribution is 2.45. The highest BCUT2D eigenvalue weighted by molar-refractivity contribution is 6.30. The maximum atomic E-state index is 13.5. The minimum atomic E-state index is -0.591. The van der Waals surface area contributed by atoms with Crippen molar-refractivity contribution in [3.05, 3.63) is 29.0 Å². The second-order valence-electron chi connectivity index (χ2n) is 8.51. The molecule has 9 heteroatoms. The predicted molar refractivity (Wildman–Crippen MR) is 109 cm³/mol. The fourth-order valence-electron chi connectivity index (χ4n) is 4.73. The molecule has 4 aliphatic rings. The first-order chi connectivity index (χ1) is 14.3. The molecule has 1 saturated heterocycles. The molecule has 164 valence electrons. The summed E-state index contributed by atoms with van der Waals surface area (Å²) in [5.74, 6) is 0.216. The molecule has 0 spiro atoms. The Morgan fingerprint density at radius 3 is 2.53 bits per heavy atom. The lowest BCUT2D eigenvalue weighted by molar-refractivity contribution is -0.127. The number of carbonyl (C=O) groups is 2. The molecule has 1 aromatic carbocycles. The summed E-state index contributed by atoms with van der Waals surface area (Å²) in [4.78, 5) is 25.0. The summed E-state index contributed by atoms with van der Waals surface area (Å²) < 4.78 is 24.4. The fraction of sp³-hybridized carbons (Fsp3) is 0.619. The number of hydrogen-bond donors (Lipinski definition) is 3. The van der Waals surface area contributed by atoms with Gasteiger partial charge in [-0.15, -0.1) is 0 Å². The molecule has 3 N–H and O–H groups in total. The van der Waals surface area contributed by atoms with E-state index in [0.717, 1.165) is 18.9 Å². The van der Waals surface area contributed by atoms with Crippen LogP contribution in [0, 0.1) is 17.7 Å². The summed E-state index contributed by atoms with van der Waals surface area (Å²) in [7, 11) is 0. The molecule has 7 nitrogen and oxygen atoms in total. The number of nitrogens with one attached hydrogen (secondary N) is 3. The molecular weight excluding hydrogens is 413 g/mol. The van der Waals surface area contributed by atoms with Crippen molar-refractivity contribution < 1.29 is 23.5 Å². The van der Waals surface area contributed by atoms with Crippen LogP contribution in [-0.4, -0.2) is 48.9 Å². The lowest BCUT2D eigenvalue weighted by atomic mass is 9.60. The second-order valence-corrected chi connectivity index (χ2v) is 8.92. The number of hydrogen-bond acceptors (Lipinski definition) is 5. The summed E-state index contributed by atoms with van der Waals surface area (Å²) in [6.45, 7) is 3.56. The van der Waals surface area contributed by atoms with Gasteiger partial charge in [0.25, 0.3) is 5.91 Å². The number of ether oxygens (including phenoxy) is 2. The quantitative estimate of drug-likeness (QED) is 0.630. The topological polar surface area (TPSA) is 88.7 Å². The maximum Gasteiger partial charge on any atom is 0.258 e. The van der Waals surface area contributed by atoms with Gasteiger partial charge in [0.05, 0.1) is 11.1 Å². The van der Waals surface area contributed by atoms with E-state index in [-0.39, 0.29) is 59.7 Å². The molecule has 5 atom stereocenters. The van der Waals surface area contributed by atoms with Gasteiger partial charge in [0.15, 0.2) is 6.61 Å². The number of halogens is 2. The first-order valence-corrected chi connectivity index (χ1v) is 10.8. The van der Waals surface area contributed by atoms with E-state index in [0.29, 0.717) is 18.3 Å². The zero-order valence-corrected chi connectivity index (χ0v) is 17.7. The minimum absolute atomic E-state index is 0.00449. The van der Waals surface area contributed by atoms with Crippen molar-refractivity contribution in [3.63, 3.8) is 0 Å². The average molecular weight is 440 g/mol. The average Bonchev–Trinajstić information content (AvgIpc) is 3.00. The third kappa shape index (κ3) is 4.55. The number of amides is 2. The Hall–Kier alpha value is -1.90. The normalized spacial score (nSPS) is 34.7. The zero-order valence-electron chi connectivity index (χ0n) is 17.0.